The van der Waals surface area contributed by atoms with Crippen molar-refractivity contribution in [1.82, 2.24) is 30.2 Å². The molecule has 268 valence electrons. The minimum atomic E-state index is -0.538. The van der Waals surface area contributed by atoms with E-state index in [2.05, 4.69) is 71.5 Å². The fourth-order valence-corrected chi connectivity index (χ4v) is 6.94. The number of carbonyl (C=O) groups excluding carboxylic acids is 1. The molecule has 2 aromatic heterocycles. The van der Waals surface area contributed by atoms with Crippen molar-refractivity contribution in [2.75, 3.05) is 37.6 Å². The third kappa shape index (κ3) is 8.24. The first-order valence-electron chi connectivity index (χ1n) is 18.0. The smallest absolute Gasteiger partial charge is 0.271 e. The van der Waals surface area contributed by atoms with Crippen LogP contribution in [0.15, 0.2) is 122 Å². The molecule has 2 aliphatic heterocycles. The molecule has 0 bridgehead atoms. The van der Waals surface area contributed by atoms with Crippen LogP contribution in [0.3, 0.4) is 0 Å². The van der Waals surface area contributed by atoms with E-state index in [1.807, 2.05) is 66.7 Å². The van der Waals surface area contributed by atoms with Crippen molar-refractivity contribution in [3.63, 3.8) is 0 Å². The molecule has 11 nitrogen and oxygen atoms in total. The molecule has 3 atom stereocenters. The Kier molecular flexibility index (Phi) is 10.4. The van der Waals surface area contributed by atoms with Crippen LogP contribution in [0.5, 0.6) is 0 Å². The molecule has 0 aliphatic carbocycles. The van der Waals surface area contributed by atoms with Crippen molar-refractivity contribution in [2.24, 2.45) is 0 Å². The highest BCUT2D eigenvalue weighted by molar-refractivity contribution is 5.93. The Morgan fingerprint density at radius 3 is 2.28 bits per heavy atom. The maximum absolute atomic E-state index is 12.9. The Bertz CT molecular complexity index is 2140. The molecule has 2 N–H and O–H groups in total. The Morgan fingerprint density at radius 1 is 0.755 bits per heavy atom. The number of nitrogens with zero attached hydrogens (tertiary/aromatic N) is 6. The standard InChI is InChI=1S/C42H41N7O4/c50-28-29-9-11-32(12-10-29)39-24-35(27-48-19-21-49(22-20-48)42-43-17-4-18-44-42)52-41(53-39)33-15-13-31(14-16-33)34-6-3-5-30(23-34)25-46-40(51)38-26-45-36-7-1-2-8-37(36)47-38/h1-18,23,26,35,39,41,50H,19-22,24-25,27-28H2,(H,46,51)/t35-,39+,41+/m1/s1. The highest BCUT2D eigenvalue weighted by Crippen LogP contribution is 2.39. The third-order valence-corrected chi connectivity index (χ3v) is 9.86. The monoisotopic (exact) mass is 707 g/mol. The predicted molar refractivity (Wildman–Crippen MR) is 202 cm³/mol. The van der Waals surface area contributed by atoms with E-state index in [4.69, 9.17) is 9.47 Å². The number of amides is 1. The number of aromatic nitrogens is 4. The Hall–Kier alpha value is -5.59. The molecule has 53 heavy (non-hydrogen) atoms. The lowest BCUT2D eigenvalue weighted by molar-refractivity contribution is -0.253. The number of anilines is 1. The van der Waals surface area contributed by atoms with E-state index in [9.17, 15) is 9.90 Å². The molecule has 0 saturated carbocycles. The minimum Gasteiger partial charge on any atom is -0.392 e. The van der Waals surface area contributed by atoms with Gasteiger partial charge in [0.2, 0.25) is 5.95 Å². The second-order valence-corrected chi connectivity index (χ2v) is 13.4. The lowest BCUT2D eigenvalue weighted by Crippen LogP contribution is -2.50. The van der Waals surface area contributed by atoms with Crippen molar-refractivity contribution in [1.29, 1.82) is 0 Å². The maximum Gasteiger partial charge on any atom is 0.271 e. The lowest BCUT2D eigenvalue weighted by Gasteiger charge is -2.40. The van der Waals surface area contributed by atoms with Crippen molar-refractivity contribution in [3.05, 3.63) is 150 Å². The highest BCUT2D eigenvalue weighted by Gasteiger charge is 2.34. The number of carbonyl (C=O) groups is 1. The van der Waals surface area contributed by atoms with E-state index in [1.165, 1.54) is 6.20 Å². The topological polar surface area (TPSA) is 126 Å². The summed E-state index contributed by atoms with van der Waals surface area (Å²) in [4.78, 5) is 35.2. The van der Waals surface area contributed by atoms with Crippen LogP contribution in [0.2, 0.25) is 0 Å². The molecule has 1 amide bonds. The first-order valence-corrected chi connectivity index (χ1v) is 18.0. The molecule has 2 aliphatic rings. The molecule has 8 rings (SSSR count). The van der Waals surface area contributed by atoms with Gasteiger partial charge in [0.15, 0.2) is 6.29 Å². The molecule has 0 spiro atoms. The summed E-state index contributed by atoms with van der Waals surface area (Å²) in [5.41, 5.74) is 7.67. The molecule has 0 radical (unpaired) electrons. The fraction of sp³-hybridized carbons (Fsp3) is 0.262. The zero-order valence-electron chi connectivity index (χ0n) is 29.3. The maximum atomic E-state index is 12.9. The van der Waals surface area contributed by atoms with E-state index < -0.39 is 6.29 Å². The quantitative estimate of drug-likeness (QED) is 0.178. The number of piperazine rings is 1. The van der Waals surface area contributed by atoms with Crippen molar-refractivity contribution in [3.8, 4) is 11.1 Å². The number of fused-ring (bicyclic) bond motifs is 1. The van der Waals surface area contributed by atoms with Crippen LogP contribution in [0.4, 0.5) is 5.95 Å². The van der Waals surface area contributed by atoms with Gasteiger partial charge in [-0.25, -0.2) is 15.0 Å². The van der Waals surface area contributed by atoms with Crippen LogP contribution in [0.1, 0.15) is 51.6 Å². The van der Waals surface area contributed by atoms with Crippen LogP contribution in [-0.2, 0) is 22.6 Å². The SMILES string of the molecule is O=C(NCc1cccc(-c2ccc([C@H]3O[C@@H](CN4CCN(c5ncccn5)CC4)C[C@@H](c4ccc(CO)cc4)O3)cc2)c1)c1cnc2ccccc2n1. The van der Waals surface area contributed by atoms with E-state index in [0.717, 1.165) is 84.0 Å². The minimum absolute atomic E-state index is 0.00454. The molecule has 6 aromatic rings. The van der Waals surface area contributed by atoms with E-state index >= 15 is 0 Å². The van der Waals surface area contributed by atoms with Crippen LogP contribution in [0.25, 0.3) is 22.2 Å². The number of ether oxygens (including phenoxy) is 2. The second-order valence-electron chi connectivity index (χ2n) is 13.4. The van der Waals surface area contributed by atoms with E-state index in [1.54, 1.807) is 12.4 Å². The largest absolute Gasteiger partial charge is 0.392 e. The van der Waals surface area contributed by atoms with Gasteiger partial charge in [0.05, 0.1) is 36.0 Å². The van der Waals surface area contributed by atoms with Crippen molar-refractivity contribution < 1.29 is 19.4 Å². The molecule has 0 unspecified atom stereocenters. The van der Waals surface area contributed by atoms with Gasteiger partial charge in [0, 0.05) is 63.6 Å². The highest BCUT2D eigenvalue weighted by atomic mass is 16.7. The van der Waals surface area contributed by atoms with Gasteiger partial charge in [-0.1, -0.05) is 78.9 Å². The van der Waals surface area contributed by atoms with Gasteiger partial charge < -0.3 is 24.8 Å². The zero-order valence-corrected chi connectivity index (χ0v) is 29.3. The normalized spacial score (nSPS) is 19.3. The van der Waals surface area contributed by atoms with E-state index in [0.29, 0.717) is 12.1 Å². The van der Waals surface area contributed by atoms with Gasteiger partial charge >= 0.3 is 0 Å². The third-order valence-electron chi connectivity index (χ3n) is 9.86. The molecular formula is C42H41N7O4. The summed E-state index contributed by atoms with van der Waals surface area (Å²) in [5, 5.41) is 12.6. The summed E-state index contributed by atoms with van der Waals surface area (Å²) in [7, 11) is 0. The number of para-hydroxylation sites is 2. The Labute approximate surface area is 308 Å². The predicted octanol–water partition coefficient (Wildman–Crippen LogP) is 5.88. The van der Waals surface area contributed by atoms with Gasteiger partial charge in [0.25, 0.3) is 5.91 Å². The first kappa shape index (κ1) is 34.5. The summed E-state index contributed by atoms with van der Waals surface area (Å²) in [6, 6.07) is 33.8. The van der Waals surface area contributed by atoms with Crippen LogP contribution in [0, 0.1) is 0 Å². The van der Waals surface area contributed by atoms with E-state index in [-0.39, 0.29) is 30.4 Å². The van der Waals surface area contributed by atoms with Gasteiger partial charge in [-0.2, -0.15) is 0 Å². The molecule has 4 aromatic carbocycles. The number of benzene rings is 4. The van der Waals surface area contributed by atoms with Crippen LogP contribution < -0.4 is 10.2 Å². The average Bonchev–Trinajstić information content (AvgIpc) is 3.23. The summed E-state index contributed by atoms with van der Waals surface area (Å²) >= 11 is 0. The number of nitrogens with one attached hydrogen (secondary N) is 1. The molecule has 2 fully saturated rings. The van der Waals surface area contributed by atoms with Gasteiger partial charge in [-0.3, -0.25) is 14.7 Å². The molecule has 11 heteroatoms. The summed E-state index contributed by atoms with van der Waals surface area (Å²) < 4.78 is 13.3. The molecule has 4 heterocycles. The van der Waals surface area contributed by atoms with Crippen LogP contribution in [-0.4, -0.2) is 74.7 Å². The fourth-order valence-electron chi connectivity index (χ4n) is 6.94. The van der Waals surface area contributed by atoms with Gasteiger partial charge in [-0.05, 0) is 52.1 Å². The summed E-state index contributed by atoms with van der Waals surface area (Å²) in [6.45, 7) is 4.67. The van der Waals surface area contributed by atoms with Crippen molar-refractivity contribution >= 4 is 22.9 Å². The zero-order chi connectivity index (χ0) is 36.0. The number of hydrogen-bond acceptors (Lipinski definition) is 10. The van der Waals surface area contributed by atoms with Crippen molar-refractivity contribution in [2.45, 2.75) is 38.1 Å². The Morgan fingerprint density at radius 2 is 1.51 bits per heavy atom. The average molecular weight is 708 g/mol. The number of hydrogen-bond donors (Lipinski definition) is 2. The summed E-state index contributed by atoms with van der Waals surface area (Å²) in [6.07, 6.45) is 5.08. The molecule has 2 saturated heterocycles. The van der Waals surface area contributed by atoms with Gasteiger partial charge in [-0.15, -0.1) is 0 Å². The Balaban J connectivity index is 0.935. The number of aliphatic hydroxyl groups is 1. The van der Waals surface area contributed by atoms with Gasteiger partial charge in [0.1, 0.15) is 5.69 Å². The molecular weight excluding hydrogens is 667 g/mol. The second kappa shape index (κ2) is 16.0. The lowest BCUT2D eigenvalue weighted by atomic mass is 9.98. The van der Waals surface area contributed by atoms with Crippen LogP contribution >= 0.6 is 0 Å². The number of rotatable bonds is 10. The summed E-state index contributed by atoms with van der Waals surface area (Å²) in [5.74, 6) is 0.505. The number of aliphatic hydroxyl groups excluding tert-OH is 1. The first-order chi connectivity index (χ1) is 26.1.